The lowest BCUT2D eigenvalue weighted by Gasteiger charge is -2.34. The standard InChI is InChI=1S/C20H25N3O5/c1-12-5-4-6-16(13(12)2)21-17(24)11-22-18(25)19(26)23(20(22)27)14-7-9-15(28-3)10-8-14/h7-10,12-13,16H,4-6,11H2,1-3H3,(H,21,24)/t12-,13-,16+/m1/s1. The van der Waals surface area contributed by atoms with Crippen molar-refractivity contribution in [3.8, 4) is 5.75 Å². The van der Waals surface area contributed by atoms with Crippen LogP contribution in [0.5, 0.6) is 5.75 Å². The molecule has 1 aromatic carbocycles. The molecule has 1 aliphatic carbocycles. The topological polar surface area (TPSA) is 96.0 Å². The van der Waals surface area contributed by atoms with Crippen LogP contribution in [0.25, 0.3) is 0 Å². The molecule has 3 atom stereocenters. The highest BCUT2D eigenvalue weighted by atomic mass is 16.5. The summed E-state index contributed by atoms with van der Waals surface area (Å²) >= 11 is 0. The van der Waals surface area contributed by atoms with E-state index in [1.807, 2.05) is 0 Å². The number of methoxy groups -OCH3 is 1. The first-order valence-corrected chi connectivity index (χ1v) is 9.46. The number of nitrogens with one attached hydrogen (secondary N) is 1. The molecule has 1 aliphatic heterocycles. The lowest BCUT2D eigenvalue weighted by Crippen LogP contribution is -2.48. The van der Waals surface area contributed by atoms with Crippen molar-refractivity contribution in [1.29, 1.82) is 0 Å². The first kappa shape index (κ1) is 19.9. The number of imide groups is 2. The van der Waals surface area contributed by atoms with E-state index in [1.165, 1.54) is 19.2 Å². The molecule has 1 heterocycles. The Morgan fingerprint density at radius 2 is 1.79 bits per heavy atom. The molecule has 150 valence electrons. The highest BCUT2D eigenvalue weighted by Crippen LogP contribution is 2.29. The fourth-order valence-corrected chi connectivity index (χ4v) is 3.79. The molecule has 1 aromatic rings. The molecule has 8 heteroatoms. The smallest absolute Gasteiger partial charge is 0.339 e. The van der Waals surface area contributed by atoms with Gasteiger partial charge in [0.25, 0.3) is 0 Å². The fraction of sp³-hybridized carbons (Fsp3) is 0.500. The Kier molecular flexibility index (Phi) is 5.67. The number of anilines is 1. The molecule has 0 bridgehead atoms. The van der Waals surface area contributed by atoms with Crippen molar-refractivity contribution in [2.24, 2.45) is 11.8 Å². The summed E-state index contributed by atoms with van der Waals surface area (Å²) in [5, 5.41) is 2.92. The Bertz CT molecular complexity index is 792. The van der Waals surface area contributed by atoms with Gasteiger partial charge in [0.15, 0.2) is 0 Å². The molecule has 0 unspecified atom stereocenters. The molecule has 0 spiro atoms. The summed E-state index contributed by atoms with van der Waals surface area (Å²) in [7, 11) is 1.50. The SMILES string of the molecule is COc1ccc(N2C(=O)C(=O)N(CC(=O)N[C@H]3CCC[C@@H](C)[C@H]3C)C2=O)cc1. The molecule has 2 fully saturated rings. The maximum atomic E-state index is 12.6. The number of amides is 5. The molecule has 1 saturated carbocycles. The number of benzene rings is 1. The summed E-state index contributed by atoms with van der Waals surface area (Å²) in [6.07, 6.45) is 3.03. The van der Waals surface area contributed by atoms with Gasteiger partial charge in [0.05, 0.1) is 12.8 Å². The van der Waals surface area contributed by atoms with Gasteiger partial charge >= 0.3 is 17.8 Å². The molecule has 0 radical (unpaired) electrons. The van der Waals surface area contributed by atoms with Gasteiger partial charge in [-0.25, -0.2) is 14.6 Å². The van der Waals surface area contributed by atoms with Crippen LogP contribution in [0.1, 0.15) is 33.1 Å². The largest absolute Gasteiger partial charge is 0.497 e. The van der Waals surface area contributed by atoms with Crippen LogP contribution in [0.15, 0.2) is 24.3 Å². The number of carbonyl (C=O) groups is 4. The average Bonchev–Trinajstić information content (AvgIpc) is 2.89. The van der Waals surface area contributed by atoms with E-state index in [-0.39, 0.29) is 11.7 Å². The highest BCUT2D eigenvalue weighted by Gasteiger charge is 2.46. The van der Waals surface area contributed by atoms with Gasteiger partial charge in [0.1, 0.15) is 12.3 Å². The summed E-state index contributed by atoms with van der Waals surface area (Å²) in [5.74, 6) is -1.02. The van der Waals surface area contributed by atoms with Crippen LogP contribution in [0.2, 0.25) is 0 Å². The Hall–Kier alpha value is -2.90. The van der Waals surface area contributed by atoms with Crippen molar-refractivity contribution >= 4 is 29.4 Å². The van der Waals surface area contributed by atoms with Crippen LogP contribution in [0.3, 0.4) is 0 Å². The summed E-state index contributed by atoms with van der Waals surface area (Å²) in [5.41, 5.74) is 0.252. The molecular formula is C20H25N3O5. The van der Waals surface area contributed by atoms with Gasteiger partial charge in [0.2, 0.25) is 5.91 Å². The van der Waals surface area contributed by atoms with Crippen molar-refractivity contribution in [3.63, 3.8) is 0 Å². The second-order valence-electron chi connectivity index (χ2n) is 7.45. The zero-order chi connectivity index (χ0) is 20.4. The van der Waals surface area contributed by atoms with Crippen molar-refractivity contribution in [3.05, 3.63) is 24.3 Å². The van der Waals surface area contributed by atoms with Crippen molar-refractivity contribution in [1.82, 2.24) is 10.2 Å². The lowest BCUT2D eigenvalue weighted by atomic mass is 9.78. The Balaban J connectivity index is 1.68. The third-order valence-corrected chi connectivity index (χ3v) is 5.74. The lowest BCUT2D eigenvalue weighted by molar-refractivity contribution is -0.140. The average molecular weight is 387 g/mol. The van der Waals surface area contributed by atoms with Crippen molar-refractivity contribution in [2.75, 3.05) is 18.6 Å². The molecule has 0 aromatic heterocycles. The molecule has 1 N–H and O–H groups in total. The maximum Gasteiger partial charge on any atom is 0.339 e. The minimum absolute atomic E-state index is 0.0115. The van der Waals surface area contributed by atoms with E-state index in [4.69, 9.17) is 4.74 Å². The number of nitrogens with zero attached hydrogens (tertiary/aromatic N) is 2. The predicted octanol–water partition coefficient (Wildman–Crippen LogP) is 1.93. The first-order valence-electron chi connectivity index (χ1n) is 9.46. The fourth-order valence-electron chi connectivity index (χ4n) is 3.79. The number of urea groups is 1. The van der Waals surface area contributed by atoms with Gasteiger partial charge in [-0.05, 0) is 42.5 Å². The molecule has 2 aliphatic rings. The van der Waals surface area contributed by atoms with Gasteiger partial charge < -0.3 is 10.1 Å². The maximum absolute atomic E-state index is 12.6. The molecule has 8 nitrogen and oxygen atoms in total. The monoisotopic (exact) mass is 387 g/mol. The van der Waals surface area contributed by atoms with E-state index < -0.39 is 30.3 Å². The van der Waals surface area contributed by atoms with E-state index in [0.717, 1.165) is 24.2 Å². The zero-order valence-electron chi connectivity index (χ0n) is 16.3. The minimum Gasteiger partial charge on any atom is -0.497 e. The third-order valence-electron chi connectivity index (χ3n) is 5.74. The summed E-state index contributed by atoms with van der Waals surface area (Å²) < 4.78 is 5.05. The summed E-state index contributed by atoms with van der Waals surface area (Å²) in [6, 6.07) is 5.38. The van der Waals surface area contributed by atoms with Gasteiger partial charge in [-0.3, -0.25) is 14.4 Å². The predicted molar refractivity (Wildman–Crippen MR) is 102 cm³/mol. The Morgan fingerprint density at radius 1 is 1.11 bits per heavy atom. The number of hydrogen-bond acceptors (Lipinski definition) is 5. The highest BCUT2D eigenvalue weighted by molar-refractivity contribution is 6.53. The number of rotatable bonds is 5. The van der Waals surface area contributed by atoms with E-state index in [2.05, 4.69) is 19.2 Å². The van der Waals surface area contributed by atoms with Crippen LogP contribution < -0.4 is 15.0 Å². The van der Waals surface area contributed by atoms with Crippen molar-refractivity contribution in [2.45, 2.75) is 39.2 Å². The second kappa shape index (κ2) is 8.00. The summed E-state index contributed by atoms with van der Waals surface area (Å²) in [6.45, 7) is 3.78. The summed E-state index contributed by atoms with van der Waals surface area (Å²) in [4.78, 5) is 51.1. The van der Waals surface area contributed by atoms with Crippen LogP contribution in [0.4, 0.5) is 10.5 Å². The number of carbonyl (C=O) groups excluding carboxylic acids is 4. The van der Waals surface area contributed by atoms with Crippen LogP contribution >= 0.6 is 0 Å². The van der Waals surface area contributed by atoms with E-state index in [0.29, 0.717) is 22.5 Å². The molecule has 1 saturated heterocycles. The first-order chi connectivity index (χ1) is 13.3. The number of ether oxygens (including phenoxy) is 1. The molecular weight excluding hydrogens is 362 g/mol. The van der Waals surface area contributed by atoms with Crippen LogP contribution in [-0.4, -0.2) is 48.3 Å². The second-order valence-corrected chi connectivity index (χ2v) is 7.45. The number of hydrogen-bond donors (Lipinski definition) is 1. The van der Waals surface area contributed by atoms with Crippen LogP contribution in [0, 0.1) is 11.8 Å². The Morgan fingerprint density at radius 3 is 2.43 bits per heavy atom. The van der Waals surface area contributed by atoms with Gasteiger partial charge in [-0.15, -0.1) is 0 Å². The Labute approximate surface area is 163 Å². The van der Waals surface area contributed by atoms with Gasteiger partial charge in [0, 0.05) is 6.04 Å². The van der Waals surface area contributed by atoms with E-state index >= 15 is 0 Å². The van der Waals surface area contributed by atoms with E-state index in [1.54, 1.807) is 12.1 Å². The third kappa shape index (κ3) is 3.72. The molecule has 3 rings (SSSR count). The quantitative estimate of drug-likeness (QED) is 0.615. The normalized spacial score (nSPS) is 25.2. The van der Waals surface area contributed by atoms with Crippen molar-refractivity contribution < 1.29 is 23.9 Å². The van der Waals surface area contributed by atoms with Crippen LogP contribution in [-0.2, 0) is 14.4 Å². The van der Waals surface area contributed by atoms with Gasteiger partial charge in [-0.2, -0.15) is 0 Å². The molecule has 5 amide bonds. The van der Waals surface area contributed by atoms with E-state index in [9.17, 15) is 19.2 Å². The molecule has 28 heavy (non-hydrogen) atoms. The van der Waals surface area contributed by atoms with Gasteiger partial charge in [-0.1, -0.05) is 26.7 Å². The zero-order valence-corrected chi connectivity index (χ0v) is 16.3. The minimum atomic E-state index is -0.999.